The van der Waals surface area contributed by atoms with Crippen molar-refractivity contribution in [2.45, 2.75) is 0 Å². The molecule has 0 aliphatic carbocycles. The number of rotatable bonds is 7. The third kappa shape index (κ3) is 6.82. The summed E-state index contributed by atoms with van der Waals surface area (Å²) in [5.41, 5.74) is 3.48. The number of esters is 1. The van der Waals surface area contributed by atoms with Crippen LogP contribution in [0.5, 0.6) is 11.5 Å². The smallest absolute Gasteiger partial charge is 0.343 e. The van der Waals surface area contributed by atoms with Crippen molar-refractivity contribution in [3.63, 3.8) is 0 Å². The predicted octanol–water partition coefficient (Wildman–Crippen LogP) is 5.50. The fraction of sp³-hybridized carbons (Fsp3) is 0.0455. The van der Waals surface area contributed by atoms with Crippen LogP contribution in [-0.4, -0.2) is 24.7 Å². The van der Waals surface area contributed by atoms with Gasteiger partial charge in [-0.25, -0.2) is 10.2 Å². The van der Waals surface area contributed by atoms with Gasteiger partial charge in [0, 0.05) is 4.47 Å². The Hall–Kier alpha value is -2.87. The standard InChI is InChI=1S/C22H15BrCl2N2O4/c23-16-4-1-3-15(11-16)22(29)31-17-9-7-14(8-10-17)12-26-27-20(28)13-30-19-6-2-5-18(24)21(19)25/h1-12H,13H2,(H,27,28)/b26-12-. The maximum Gasteiger partial charge on any atom is 0.343 e. The van der Waals surface area contributed by atoms with Crippen LogP contribution in [0.25, 0.3) is 0 Å². The molecule has 0 saturated heterocycles. The van der Waals surface area contributed by atoms with Gasteiger partial charge in [-0.1, -0.05) is 51.3 Å². The molecule has 3 rings (SSSR count). The Morgan fingerprint density at radius 1 is 1.03 bits per heavy atom. The minimum atomic E-state index is -0.466. The van der Waals surface area contributed by atoms with Crippen molar-refractivity contribution >= 4 is 57.2 Å². The number of nitrogens with zero attached hydrogens (tertiary/aromatic N) is 1. The summed E-state index contributed by atoms with van der Waals surface area (Å²) in [6, 6.07) is 18.5. The van der Waals surface area contributed by atoms with Gasteiger partial charge < -0.3 is 9.47 Å². The average Bonchev–Trinajstić information content (AvgIpc) is 2.76. The summed E-state index contributed by atoms with van der Waals surface area (Å²) in [4.78, 5) is 24.0. The Kier molecular flexibility index (Phi) is 8.06. The Labute approximate surface area is 196 Å². The van der Waals surface area contributed by atoms with Gasteiger partial charge in [0.25, 0.3) is 5.91 Å². The van der Waals surface area contributed by atoms with Gasteiger partial charge in [0.05, 0.1) is 16.8 Å². The minimum absolute atomic E-state index is 0.237. The van der Waals surface area contributed by atoms with E-state index in [1.54, 1.807) is 60.7 Å². The Morgan fingerprint density at radius 3 is 2.52 bits per heavy atom. The third-order valence-electron chi connectivity index (χ3n) is 3.83. The first-order valence-corrected chi connectivity index (χ1v) is 10.4. The molecule has 0 radical (unpaired) electrons. The zero-order valence-corrected chi connectivity index (χ0v) is 18.9. The van der Waals surface area contributed by atoms with Crippen LogP contribution in [0.3, 0.4) is 0 Å². The molecule has 0 fully saturated rings. The van der Waals surface area contributed by atoms with Gasteiger partial charge in [0.1, 0.15) is 16.5 Å². The highest BCUT2D eigenvalue weighted by molar-refractivity contribution is 9.10. The van der Waals surface area contributed by atoms with Gasteiger partial charge in [0.2, 0.25) is 0 Å². The van der Waals surface area contributed by atoms with Gasteiger partial charge in [-0.2, -0.15) is 5.10 Å². The molecule has 31 heavy (non-hydrogen) atoms. The van der Waals surface area contributed by atoms with Crippen LogP contribution in [0.4, 0.5) is 0 Å². The molecule has 158 valence electrons. The van der Waals surface area contributed by atoms with E-state index >= 15 is 0 Å². The normalized spacial score (nSPS) is 10.7. The van der Waals surface area contributed by atoms with Crippen molar-refractivity contribution < 1.29 is 19.1 Å². The summed E-state index contributed by atoms with van der Waals surface area (Å²) in [6.45, 7) is -0.276. The second-order valence-corrected chi connectivity index (χ2v) is 7.80. The number of hydrazone groups is 1. The molecule has 3 aromatic carbocycles. The van der Waals surface area contributed by atoms with Crippen molar-refractivity contribution in [1.29, 1.82) is 0 Å². The fourth-order valence-corrected chi connectivity index (χ4v) is 3.10. The summed E-state index contributed by atoms with van der Waals surface area (Å²) in [7, 11) is 0. The fourth-order valence-electron chi connectivity index (χ4n) is 2.35. The number of hydrogen-bond donors (Lipinski definition) is 1. The molecule has 0 aliphatic rings. The lowest BCUT2D eigenvalue weighted by Gasteiger charge is -2.07. The SMILES string of the molecule is O=C(COc1cccc(Cl)c1Cl)N/N=C\c1ccc(OC(=O)c2cccc(Br)c2)cc1. The van der Waals surface area contributed by atoms with Crippen LogP contribution in [0, 0.1) is 0 Å². The van der Waals surface area contributed by atoms with E-state index in [-0.39, 0.29) is 11.6 Å². The lowest BCUT2D eigenvalue weighted by molar-refractivity contribution is -0.123. The van der Waals surface area contributed by atoms with Crippen LogP contribution in [0.15, 0.2) is 76.3 Å². The van der Waals surface area contributed by atoms with Crippen molar-refractivity contribution in [2.24, 2.45) is 5.10 Å². The van der Waals surface area contributed by atoms with Crippen LogP contribution >= 0.6 is 39.1 Å². The van der Waals surface area contributed by atoms with E-state index in [9.17, 15) is 9.59 Å². The number of halogens is 3. The topological polar surface area (TPSA) is 77.0 Å². The number of nitrogens with one attached hydrogen (secondary N) is 1. The van der Waals surface area contributed by atoms with Gasteiger partial charge in [-0.3, -0.25) is 4.79 Å². The zero-order chi connectivity index (χ0) is 22.2. The summed E-state index contributed by atoms with van der Waals surface area (Å²) in [5, 5.41) is 4.44. The first-order valence-electron chi connectivity index (χ1n) is 8.89. The summed E-state index contributed by atoms with van der Waals surface area (Å²) in [5.74, 6) is -0.235. The van der Waals surface area contributed by atoms with Crippen LogP contribution < -0.4 is 14.9 Å². The molecular weight excluding hydrogens is 507 g/mol. The molecule has 0 bridgehead atoms. The van der Waals surface area contributed by atoms with E-state index in [0.29, 0.717) is 27.6 Å². The molecule has 0 atom stereocenters. The van der Waals surface area contributed by atoms with E-state index < -0.39 is 11.9 Å². The molecule has 1 N–H and O–H groups in total. The second kappa shape index (κ2) is 10.9. The molecule has 0 aromatic heterocycles. The third-order valence-corrected chi connectivity index (χ3v) is 5.12. The molecule has 1 amide bonds. The Bertz CT molecular complexity index is 1120. The molecule has 0 spiro atoms. The lowest BCUT2D eigenvalue weighted by atomic mass is 10.2. The maximum atomic E-state index is 12.2. The van der Waals surface area contributed by atoms with Crippen LogP contribution in [0.2, 0.25) is 10.0 Å². The largest absolute Gasteiger partial charge is 0.482 e. The molecule has 3 aromatic rings. The highest BCUT2D eigenvalue weighted by Gasteiger charge is 2.09. The summed E-state index contributed by atoms with van der Waals surface area (Å²) < 4.78 is 11.4. The second-order valence-electron chi connectivity index (χ2n) is 6.10. The molecule has 0 heterocycles. The van der Waals surface area contributed by atoms with Crippen molar-refractivity contribution in [1.82, 2.24) is 5.43 Å². The van der Waals surface area contributed by atoms with E-state index in [2.05, 4.69) is 26.5 Å². The number of ether oxygens (including phenoxy) is 2. The van der Waals surface area contributed by atoms with E-state index in [0.717, 1.165) is 4.47 Å². The van der Waals surface area contributed by atoms with Gasteiger partial charge in [-0.05, 0) is 60.2 Å². The number of carbonyl (C=O) groups is 2. The molecule has 0 saturated carbocycles. The van der Waals surface area contributed by atoms with Crippen molar-refractivity contribution in [3.05, 3.63) is 92.4 Å². The summed E-state index contributed by atoms with van der Waals surface area (Å²) in [6.07, 6.45) is 1.45. The van der Waals surface area contributed by atoms with E-state index in [4.69, 9.17) is 32.7 Å². The number of carbonyl (C=O) groups excluding carboxylic acids is 2. The zero-order valence-electron chi connectivity index (χ0n) is 15.8. The van der Waals surface area contributed by atoms with Crippen molar-refractivity contribution in [2.75, 3.05) is 6.61 Å². The molecule has 9 heteroatoms. The molecule has 6 nitrogen and oxygen atoms in total. The lowest BCUT2D eigenvalue weighted by Crippen LogP contribution is -2.24. The quantitative estimate of drug-likeness (QED) is 0.192. The van der Waals surface area contributed by atoms with Gasteiger partial charge >= 0.3 is 5.97 Å². The number of amides is 1. The molecular formula is C22H15BrCl2N2O4. The molecule has 0 aliphatic heterocycles. The number of hydrogen-bond acceptors (Lipinski definition) is 5. The Morgan fingerprint density at radius 2 is 1.77 bits per heavy atom. The summed E-state index contributed by atoms with van der Waals surface area (Å²) >= 11 is 15.2. The minimum Gasteiger partial charge on any atom is -0.482 e. The van der Waals surface area contributed by atoms with Crippen LogP contribution in [-0.2, 0) is 4.79 Å². The van der Waals surface area contributed by atoms with Crippen LogP contribution in [0.1, 0.15) is 15.9 Å². The molecule has 0 unspecified atom stereocenters. The Balaban J connectivity index is 1.48. The first-order chi connectivity index (χ1) is 14.9. The first kappa shape index (κ1) is 22.8. The number of benzene rings is 3. The van der Waals surface area contributed by atoms with Gasteiger partial charge in [-0.15, -0.1) is 0 Å². The van der Waals surface area contributed by atoms with E-state index in [1.165, 1.54) is 6.21 Å². The van der Waals surface area contributed by atoms with E-state index in [1.807, 2.05) is 6.07 Å². The highest BCUT2D eigenvalue weighted by Crippen LogP contribution is 2.31. The monoisotopic (exact) mass is 520 g/mol. The van der Waals surface area contributed by atoms with Crippen molar-refractivity contribution in [3.8, 4) is 11.5 Å². The maximum absolute atomic E-state index is 12.2. The predicted molar refractivity (Wildman–Crippen MR) is 123 cm³/mol. The average molecular weight is 522 g/mol. The highest BCUT2D eigenvalue weighted by atomic mass is 79.9. The van der Waals surface area contributed by atoms with Gasteiger partial charge in [0.15, 0.2) is 6.61 Å².